The molecule has 0 radical (unpaired) electrons. The first kappa shape index (κ1) is 16.4. The van der Waals surface area contributed by atoms with Crippen LogP contribution in [0.3, 0.4) is 0 Å². The van der Waals surface area contributed by atoms with Gasteiger partial charge in [-0.2, -0.15) is 0 Å². The quantitative estimate of drug-likeness (QED) is 0.487. The molecule has 3 fully saturated rings. The van der Waals surface area contributed by atoms with Crippen LogP contribution in [-0.2, 0) is 14.3 Å². The summed E-state index contributed by atoms with van der Waals surface area (Å²) in [5.74, 6) is 3.86. The molecular formula is C24H30O3. The number of ether oxygens (including phenoxy) is 2. The van der Waals surface area contributed by atoms with E-state index in [0.717, 1.165) is 43.8 Å². The Bertz CT molecular complexity index is 835. The fraction of sp³-hybridized carbons (Fsp3) is 0.708. The molecule has 1 aliphatic heterocycles. The molecule has 0 aromatic heterocycles. The van der Waals surface area contributed by atoms with Gasteiger partial charge in [0.05, 0.1) is 12.9 Å². The average molecular weight is 367 g/mol. The summed E-state index contributed by atoms with van der Waals surface area (Å²) in [6.07, 6.45) is 14.6. The summed E-state index contributed by atoms with van der Waals surface area (Å²) >= 11 is 0. The van der Waals surface area contributed by atoms with Crippen LogP contribution < -0.4 is 0 Å². The summed E-state index contributed by atoms with van der Waals surface area (Å²) in [6.45, 7) is 4.90. The number of fused-ring (bicyclic) bond motifs is 9. The molecule has 6 aliphatic rings. The Morgan fingerprint density at radius 2 is 2.04 bits per heavy atom. The summed E-state index contributed by atoms with van der Waals surface area (Å²) < 4.78 is 11.7. The minimum absolute atomic E-state index is 0.0413. The van der Waals surface area contributed by atoms with Gasteiger partial charge in [-0.3, -0.25) is 4.79 Å². The van der Waals surface area contributed by atoms with Crippen molar-refractivity contribution in [3.63, 3.8) is 0 Å². The van der Waals surface area contributed by atoms with Crippen molar-refractivity contribution in [1.82, 2.24) is 0 Å². The topological polar surface area (TPSA) is 35.5 Å². The molecular weight excluding hydrogens is 336 g/mol. The van der Waals surface area contributed by atoms with Gasteiger partial charge < -0.3 is 9.47 Å². The van der Waals surface area contributed by atoms with Gasteiger partial charge in [0.25, 0.3) is 0 Å². The fourth-order valence-corrected chi connectivity index (χ4v) is 8.14. The second kappa shape index (κ2) is 4.90. The Kier molecular flexibility index (Phi) is 2.99. The summed E-state index contributed by atoms with van der Waals surface area (Å²) in [4.78, 5) is 12.1. The van der Waals surface area contributed by atoms with Gasteiger partial charge in [0.15, 0.2) is 0 Å². The number of esters is 1. The summed E-state index contributed by atoms with van der Waals surface area (Å²) in [5.41, 5.74) is 3.27. The first-order valence-electron chi connectivity index (χ1n) is 10.8. The highest BCUT2D eigenvalue weighted by molar-refractivity contribution is 5.73. The molecule has 0 bridgehead atoms. The maximum atomic E-state index is 12.1. The van der Waals surface area contributed by atoms with Gasteiger partial charge in [-0.05, 0) is 61.5 Å². The van der Waals surface area contributed by atoms with Crippen LogP contribution in [0.2, 0.25) is 0 Å². The van der Waals surface area contributed by atoms with Crippen LogP contribution in [0.15, 0.2) is 35.1 Å². The number of allylic oxidation sites excluding steroid dienone is 6. The van der Waals surface area contributed by atoms with Crippen LogP contribution in [0.25, 0.3) is 0 Å². The monoisotopic (exact) mass is 366 g/mol. The van der Waals surface area contributed by atoms with Gasteiger partial charge in [0.2, 0.25) is 0 Å². The van der Waals surface area contributed by atoms with E-state index in [9.17, 15) is 4.79 Å². The predicted octanol–water partition coefficient (Wildman–Crippen LogP) is 4.94. The first-order chi connectivity index (χ1) is 12.9. The molecule has 3 heteroatoms. The Balaban J connectivity index is 1.43. The predicted molar refractivity (Wildman–Crippen MR) is 103 cm³/mol. The third-order valence-electron chi connectivity index (χ3n) is 9.49. The van der Waals surface area contributed by atoms with E-state index >= 15 is 0 Å². The zero-order valence-corrected chi connectivity index (χ0v) is 16.7. The van der Waals surface area contributed by atoms with E-state index in [1.807, 2.05) is 0 Å². The van der Waals surface area contributed by atoms with Crippen molar-refractivity contribution in [3.8, 4) is 0 Å². The van der Waals surface area contributed by atoms with E-state index in [1.54, 1.807) is 12.7 Å². The average Bonchev–Trinajstić information content (AvgIpc) is 3.29. The Hall–Kier alpha value is -1.51. The molecule has 7 atom stereocenters. The van der Waals surface area contributed by atoms with Crippen molar-refractivity contribution < 1.29 is 14.3 Å². The molecule has 0 aromatic carbocycles. The van der Waals surface area contributed by atoms with E-state index < -0.39 is 0 Å². The van der Waals surface area contributed by atoms with Crippen molar-refractivity contribution >= 4 is 5.97 Å². The number of carbonyl (C=O) groups is 1. The van der Waals surface area contributed by atoms with Crippen molar-refractivity contribution in [2.75, 3.05) is 7.11 Å². The number of hydrogen-bond donors (Lipinski definition) is 0. The molecule has 2 saturated carbocycles. The molecule has 0 N–H and O–H groups in total. The lowest BCUT2D eigenvalue weighted by molar-refractivity contribution is -0.165. The molecule has 27 heavy (non-hydrogen) atoms. The molecule has 1 heterocycles. The number of carbonyl (C=O) groups excluding carboxylic acids is 1. The summed E-state index contributed by atoms with van der Waals surface area (Å²) in [6, 6.07) is 0. The Morgan fingerprint density at radius 3 is 2.78 bits per heavy atom. The van der Waals surface area contributed by atoms with Crippen LogP contribution in [0.5, 0.6) is 0 Å². The van der Waals surface area contributed by atoms with Crippen LogP contribution in [0, 0.1) is 34.5 Å². The molecule has 0 amide bonds. The van der Waals surface area contributed by atoms with Crippen molar-refractivity contribution in [3.05, 3.63) is 35.1 Å². The van der Waals surface area contributed by atoms with E-state index in [0.29, 0.717) is 24.2 Å². The highest BCUT2D eigenvalue weighted by Gasteiger charge is 2.78. The largest absolute Gasteiger partial charge is 0.501 e. The fourth-order valence-electron chi connectivity index (χ4n) is 8.14. The third-order valence-corrected chi connectivity index (χ3v) is 9.49. The van der Waals surface area contributed by atoms with Crippen LogP contribution in [0.1, 0.15) is 58.8 Å². The summed E-state index contributed by atoms with van der Waals surface area (Å²) in [5, 5.41) is 0. The SMILES string of the molecule is COC1=CC2=CCC3C(=CC[C@@]4(C)C3[C@@H]3C[C@@H]3[C@@]43CCC(=O)O3)[C@@]2(C)CC1. The molecule has 144 valence electrons. The maximum Gasteiger partial charge on any atom is 0.306 e. The molecule has 1 spiro atoms. The van der Waals surface area contributed by atoms with E-state index in [2.05, 4.69) is 32.1 Å². The lowest BCUT2D eigenvalue weighted by atomic mass is 9.50. The third kappa shape index (κ3) is 1.78. The van der Waals surface area contributed by atoms with Crippen LogP contribution in [-0.4, -0.2) is 18.7 Å². The minimum atomic E-state index is -0.165. The van der Waals surface area contributed by atoms with Crippen molar-refractivity contribution in [2.45, 2.75) is 64.4 Å². The van der Waals surface area contributed by atoms with Gasteiger partial charge >= 0.3 is 5.97 Å². The highest BCUT2D eigenvalue weighted by Crippen LogP contribution is 2.78. The maximum absolute atomic E-state index is 12.1. The van der Waals surface area contributed by atoms with Gasteiger partial charge in [0, 0.05) is 29.6 Å². The highest BCUT2D eigenvalue weighted by atomic mass is 16.6. The van der Waals surface area contributed by atoms with E-state index in [1.165, 1.54) is 12.0 Å². The van der Waals surface area contributed by atoms with Crippen LogP contribution in [0.4, 0.5) is 0 Å². The number of methoxy groups -OCH3 is 1. The van der Waals surface area contributed by atoms with Gasteiger partial charge in [-0.25, -0.2) is 0 Å². The molecule has 1 saturated heterocycles. The van der Waals surface area contributed by atoms with E-state index in [-0.39, 0.29) is 22.4 Å². The lowest BCUT2D eigenvalue weighted by Crippen LogP contribution is -2.53. The second-order valence-electron chi connectivity index (χ2n) is 10.3. The molecule has 6 rings (SSSR count). The zero-order chi connectivity index (χ0) is 18.6. The minimum Gasteiger partial charge on any atom is -0.501 e. The number of rotatable bonds is 1. The normalized spacial score (nSPS) is 52.0. The summed E-state index contributed by atoms with van der Waals surface area (Å²) in [7, 11) is 1.79. The first-order valence-corrected chi connectivity index (χ1v) is 10.8. The smallest absolute Gasteiger partial charge is 0.306 e. The van der Waals surface area contributed by atoms with Gasteiger partial charge in [-0.15, -0.1) is 0 Å². The van der Waals surface area contributed by atoms with Crippen LogP contribution >= 0.6 is 0 Å². The molecule has 3 nitrogen and oxygen atoms in total. The Labute approximate surface area is 161 Å². The van der Waals surface area contributed by atoms with E-state index in [4.69, 9.17) is 9.47 Å². The standard InChI is InChI=1S/C24H30O3/c1-22-9-6-15(26-3)12-14(22)4-5-16-18(22)7-10-23(2)21(16)17-13-19(17)24(23)11-8-20(25)27-24/h4,7,12,16-17,19,21H,5-6,8-11,13H2,1-3H3/t16?,17-,19+,21?,22+,23+,24+/m1/s1. The van der Waals surface area contributed by atoms with Crippen molar-refractivity contribution in [2.24, 2.45) is 34.5 Å². The lowest BCUT2D eigenvalue weighted by Gasteiger charge is -2.55. The Morgan fingerprint density at radius 1 is 1.19 bits per heavy atom. The molecule has 5 aliphatic carbocycles. The second-order valence-corrected chi connectivity index (χ2v) is 10.3. The van der Waals surface area contributed by atoms with Crippen molar-refractivity contribution in [1.29, 1.82) is 0 Å². The molecule has 0 aromatic rings. The zero-order valence-electron chi connectivity index (χ0n) is 16.7. The van der Waals surface area contributed by atoms with Gasteiger partial charge in [0.1, 0.15) is 5.60 Å². The number of hydrogen-bond acceptors (Lipinski definition) is 3. The van der Waals surface area contributed by atoms with Gasteiger partial charge in [-0.1, -0.05) is 31.6 Å². The molecule has 2 unspecified atom stereocenters.